The van der Waals surface area contributed by atoms with E-state index in [4.69, 9.17) is 9.47 Å². The lowest BCUT2D eigenvalue weighted by Crippen LogP contribution is -2.17. The first-order valence-corrected chi connectivity index (χ1v) is 9.44. The number of non-ortho nitro benzene ring substituents is 1. The van der Waals surface area contributed by atoms with Gasteiger partial charge in [-0.3, -0.25) is 25.0 Å². The number of nitrogens with zero attached hydrogens (tertiary/aromatic N) is 3. The lowest BCUT2D eigenvalue weighted by molar-refractivity contribution is -0.386. The Kier molecular flexibility index (Phi) is 8.43. The van der Waals surface area contributed by atoms with Crippen LogP contribution in [0.15, 0.2) is 41.5 Å². The third-order valence-corrected chi connectivity index (χ3v) is 4.17. The van der Waals surface area contributed by atoms with Gasteiger partial charge in [0.25, 0.3) is 11.6 Å². The van der Waals surface area contributed by atoms with Crippen LogP contribution in [0.5, 0.6) is 11.5 Å². The number of benzene rings is 2. The number of amides is 1. The highest BCUT2D eigenvalue weighted by atomic mass is 16.6. The van der Waals surface area contributed by atoms with Crippen LogP contribution in [0.3, 0.4) is 0 Å². The van der Waals surface area contributed by atoms with Crippen LogP contribution in [-0.4, -0.2) is 35.7 Å². The molecule has 31 heavy (non-hydrogen) atoms. The first-order chi connectivity index (χ1) is 14.9. The summed E-state index contributed by atoms with van der Waals surface area (Å²) in [5.74, 6) is -0.476. The predicted molar refractivity (Wildman–Crippen MR) is 113 cm³/mol. The molecule has 2 rings (SSSR count). The number of methoxy groups -OCH3 is 1. The van der Waals surface area contributed by atoms with E-state index >= 15 is 0 Å². The van der Waals surface area contributed by atoms with Gasteiger partial charge in [0.15, 0.2) is 5.75 Å². The van der Waals surface area contributed by atoms with Crippen LogP contribution < -0.4 is 14.9 Å². The van der Waals surface area contributed by atoms with Gasteiger partial charge in [0, 0.05) is 29.3 Å². The smallest absolute Gasteiger partial charge is 0.315 e. The van der Waals surface area contributed by atoms with E-state index in [9.17, 15) is 25.0 Å². The van der Waals surface area contributed by atoms with Crippen LogP contribution in [0.2, 0.25) is 0 Å². The summed E-state index contributed by atoms with van der Waals surface area (Å²) in [5.41, 5.74) is 2.05. The van der Waals surface area contributed by atoms with E-state index < -0.39 is 15.8 Å². The van der Waals surface area contributed by atoms with Gasteiger partial charge in [-0.05, 0) is 18.6 Å². The van der Waals surface area contributed by atoms with E-state index in [1.54, 1.807) is 0 Å². The normalized spacial score (nSPS) is 10.6. The maximum Gasteiger partial charge on any atom is 0.315 e. The number of hydrazone groups is 1. The maximum absolute atomic E-state index is 12.1. The Morgan fingerprint density at radius 1 is 1.16 bits per heavy atom. The summed E-state index contributed by atoms with van der Waals surface area (Å²) in [4.78, 5) is 33.2. The van der Waals surface area contributed by atoms with Crippen molar-refractivity contribution in [3.8, 4) is 11.5 Å². The molecule has 0 unspecified atom stereocenters. The van der Waals surface area contributed by atoms with Crippen molar-refractivity contribution in [2.75, 3.05) is 13.7 Å². The van der Waals surface area contributed by atoms with Crippen LogP contribution in [-0.2, 0) is 0 Å². The number of hydrogen-bond donors (Lipinski definition) is 1. The summed E-state index contributed by atoms with van der Waals surface area (Å²) in [5, 5.41) is 26.1. The molecule has 0 radical (unpaired) electrons. The van der Waals surface area contributed by atoms with E-state index in [1.807, 2.05) is 6.92 Å². The summed E-state index contributed by atoms with van der Waals surface area (Å²) in [6.45, 7) is 2.35. The minimum absolute atomic E-state index is 0.0291. The highest BCUT2D eigenvalue weighted by Crippen LogP contribution is 2.38. The van der Waals surface area contributed by atoms with Crippen molar-refractivity contribution < 1.29 is 24.1 Å². The molecule has 0 bridgehead atoms. The van der Waals surface area contributed by atoms with E-state index in [0.717, 1.165) is 25.3 Å². The Morgan fingerprint density at radius 2 is 1.94 bits per heavy atom. The second kappa shape index (κ2) is 11.2. The molecule has 0 fully saturated rings. The molecule has 11 nitrogen and oxygen atoms in total. The molecule has 0 spiro atoms. The predicted octanol–water partition coefficient (Wildman–Crippen LogP) is 3.84. The number of nitro groups is 2. The minimum Gasteiger partial charge on any atom is -0.493 e. The number of carbonyl (C=O) groups is 1. The SMILES string of the molecule is CCCCCOc1c(OC)cc(/C=N/NC(=O)c2cccc([N+](=O)[O-])c2)cc1[N+](=O)[O-]. The molecule has 1 amide bonds. The Morgan fingerprint density at radius 3 is 2.58 bits per heavy atom. The average molecular weight is 430 g/mol. The highest BCUT2D eigenvalue weighted by molar-refractivity contribution is 5.95. The number of rotatable bonds is 11. The summed E-state index contributed by atoms with van der Waals surface area (Å²) >= 11 is 0. The summed E-state index contributed by atoms with van der Waals surface area (Å²) in [6, 6.07) is 7.90. The van der Waals surface area contributed by atoms with Crippen molar-refractivity contribution >= 4 is 23.5 Å². The van der Waals surface area contributed by atoms with Crippen molar-refractivity contribution in [1.29, 1.82) is 0 Å². The maximum atomic E-state index is 12.1. The molecule has 0 aliphatic heterocycles. The molecular weight excluding hydrogens is 408 g/mol. The summed E-state index contributed by atoms with van der Waals surface area (Å²) < 4.78 is 10.8. The van der Waals surface area contributed by atoms with Crippen LogP contribution >= 0.6 is 0 Å². The molecule has 0 aliphatic carbocycles. The summed E-state index contributed by atoms with van der Waals surface area (Å²) in [7, 11) is 1.36. The number of nitrogens with one attached hydrogen (secondary N) is 1. The zero-order valence-electron chi connectivity index (χ0n) is 17.1. The molecule has 11 heteroatoms. The van der Waals surface area contributed by atoms with Crippen molar-refractivity contribution in [2.45, 2.75) is 26.2 Å². The lowest BCUT2D eigenvalue weighted by atomic mass is 10.2. The molecule has 1 N–H and O–H groups in total. The molecule has 0 heterocycles. The quantitative estimate of drug-likeness (QED) is 0.246. The van der Waals surface area contributed by atoms with E-state index in [1.165, 1.54) is 43.7 Å². The van der Waals surface area contributed by atoms with Gasteiger partial charge >= 0.3 is 5.69 Å². The number of unbranched alkanes of at least 4 members (excludes halogenated alkanes) is 2. The second-order valence-corrected chi connectivity index (χ2v) is 6.39. The highest BCUT2D eigenvalue weighted by Gasteiger charge is 2.22. The van der Waals surface area contributed by atoms with Gasteiger partial charge in [0.2, 0.25) is 5.75 Å². The molecule has 0 aliphatic rings. The molecule has 2 aromatic carbocycles. The van der Waals surface area contributed by atoms with Crippen LogP contribution in [0.25, 0.3) is 0 Å². The van der Waals surface area contributed by atoms with Gasteiger partial charge in [0.05, 0.1) is 29.8 Å². The van der Waals surface area contributed by atoms with Crippen molar-refractivity contribution in [3.05, 3.63) is 67.8 Å². The Hall–Kier alpha value is -4.02. The molecule has 2 aromatic rings. The van der Waals surface area contributed by atoms with E-state index in [-0.39, 0.29) is 28.4 Å². The molecule has 164 valence electrons. The molecule has 0 aromatic heterocycles. The second-order valence-electron chi connectivity index (χ2n) is 6.39. The largest absolute Gasteiger partial charge is 0.493 e. The minimum atomic E-state index is -0.669. The fourth-order valence-electron chi connectivity index (χ4n) is 2.63. The van der Waals surface area contributed by atoms with Gasteiger partial charge in [-0.25, -0.2) is 5.43 Å². The monoisotopic (exact) mass is 430 g/mol. The van der Waals surface area contributed by atoms with E-state index in [2.05, 4.69) is 10.5 Å². The first kappa shape index (κ1) is 23.3. The third kappa shape index (κ3) is 6.49. The molecular formula is C20H22N4O7. The van der Waals surface area contributed by atoms with Crippen LogP contribution in [0.4, 0.5) is 11.4 Å². The van der Waals surface area contributed by atoms with E-state index in [0.29, 0.717) is 12.2 Å². The Labute approximate surface area is 178 Å². The number of carbonyl (C=O) groups excluding carboxylic acids is 1. The zero-order chi connectivity index (χ0) is 22.8. The molecule has 0 saturated heterocycles. The van der Waals surface area contributed by atoms with Gasteiger partial charge < -0.3 is 9.47 Å². The standard InChI is InChI=1S/C20H22N4O7/c1-3-4-5-9-31-19-17(24(28)29)10-14(11-18(19)30-2)13-21-22-20(25)15-7-6-8-16(12-15)23(26)27/h6-8,10-13H,3-5,9H2,1-2H3,(H,22,25)/b21-13+. The van der Waals surface area contributed by atoms with Gasteiger partial charge in [0.1, 0.15) is 0 Å². The summed E-state index contributed by atoms with van der Waals surface area (Å²) in [6.07, 6.45) is 3.88. The Bertz CT molecular complexity index is 991. The van der Waals surface area contributed by atoms with Crippen molar-refractivity contribution in [2.24, 2.45) is 5.10 Å². The third-order valence-electron chi connectivity index (χ3n) is 4.17. The van der Waals surface area contributed by atoms with Crippen molar-refractivity contribution in [3.63, 3.8) is 0 Å². The number of nitro benzene ring substituents is 2. The fraction of sp³-hybridized carbons (Fsp3) is 0.300. The number of ether oxygens (including phenoxy) is 2. The molecule has 0 atom stereocenters. The first-order valence-electron chi connectivity index (χ1n) is 9.44. The van der Waals surface area contributed by atoms with Crippen molar-refractivity contribution in [1.82, 2.24) is 5.43 Å². The average Bonchev–Trinajstić information content (AvgIpc) is 2.76. The zero-order valence-corrected chi connectivity index (χ0v) is 17.1. The van der Waals surface area contributed by atoms with Crippen LogP contribution in [0.1, 0.15) is 42.1 Å². The Balaban J connectivity index is 2.18. The molecule has 0 saturated carbocycles. The van der Waals surface area contributed by atoms with Gasteiger partial charge in [-0.2, -0.15) is 5.10 Å². The fourth-order valence-corrected chi connectivity index (χ4v) is 2.63. The number of hydrogen-bond acceptors (Lipinski definition) is 8. The van der Waals surface area contributed by atoms with Gasteiger partial charge in [-0.1, -0.05) is 25.8 Å². The van der Waals surface area contributed by atoms with Gasteiger partial charge in [-0.15, -0.1) is 0 Å². The topological polar surface area (TPSA) is 146 Å². The lowest BCUT2D eigenvalue weighted by Gasteiger charge is -2.11. The van der Waals surface area contributed by atoms with Crippen LogP contribution in [0, 0.1) is 20.2 Å².